The van der Waals surface area contributed by atoms with Crippen LogP contribution in [0.3, 0.4) is 0 Å². The van der Waals surface area contributed by atoms with Crippen LogP contribution in [0.15, 0.2) is 12.7 Å². The highest BCUT2D eigenvalue weighted by molar-refractivity contribution is 5.08. The quantitative estimate of drug-likeness (QED) is 0.458. The zero-order valence-electron chi connectivity index (χ0n) is 20.9. The van der Waals surface area contributed by atoms with E-state index in [0.717, 1.165) is 25.7 Å². The van der Waals surface area contributed by atoms with E-state index < -0.39 is 41.9 Å². The molecule has 0 radical (unpaired) electrons. The summed E-state index contributed by atoms with van der Waals surface area (Å²) in [6.45, 7) is 16.6. The summed E-state index contributed by atoms with van der Waals surface area (Å²) in [6, 6.07) is 0. The molecule has 3 aliphatic rings. The van der Waals surface area contributed by atoms with Gasteiger partial charge < -0.3 is 29.9 Å². The van der Waals surface area contributed by atoms with Gasteiger partial charge in [-0.1, -0.05) is 33.3 Å². The molecule has 32 heavy (non-hydrogen) atoms. The molecule has 0 aromatic heterocycles. The highest BCUT2D eigenvalue weighted by Gasteiger charge is 2.58. The average molecular weight is 455 g/mol. The van der Waals surface area contributed by atoms with Crippen LogP contribution in [0.2, 0.25) is 0 Å². The van der Waals surface area contributed by atoms with Gasteiger partial charge in [0.1, 0.15) is 18.3 Å². The van der Waals surface area contributed by atoms with E-state index in [1.165, 1.54) is 12.8 Å². The summed E-state index contributed by atoms with van der Waals surface area (Å²) in [6.07, 6.45) is 2.94. The molecule has 1 aliphatic heterocycles. The van der Waals surface area contributed by atoms with Crippen molar-refractivity contribution in [1.82, 2.24) is 0 Å². The van der Waals surface area contributed by atoms with Crippen LogP contribution in [0.25, 0.3) is 0 Å². The molecule has 186 valence electrons. The Kier molecular flexibility index (Phi) is 7.29. The fourth-order valence-electron chi connectivity index (χ4n) is 7.28. The second kappa shape index (κ2) is 8.94. The monoisotopic (exact) mass is 454 g/mol. The van der Waals surface area contributed by atoms with Crippen molar-refractivity contribution in [3.05, 3.63) is 12.7 Å². The predicted molar refractivity (Wildman–Crippen MR) is 124 cm³/mol. The van der Waals surface area contributed by atoms with Gasteiger partial charge in [-0.25, -0.2) is 0 Å². The van der Waals surface area contributed by atoms with E-state index in [0.29, 0.717) is 12.3 Å². The first-order valence-electron chi connectivity index (χ1n) is 12.4. The molecular weight excluding hydrogens is 408 g/mol. The van der Waals surface area contributed by atoms with E-state index in [-0.39, 0.29) is 16.7 Å². The Morgan fingerprint density at radius 3 is 2.34 bits per heavy atom. The lowest BCUT2D eigenvalue weighted by molar-refractivity contribution is -0.313. The SMILES string of the molecule is C=C[C@@](C)(CC[C@@H]1[C@@]2(C)CCCC(C)(C)[C@@H]2CC[C@@]1(C)O)O[C@@H]1O[C@@H](C)[C@@H](O)[C@H](O)[C@H]1O. The topological polar surface area (TPSA) is 99.4 Å². The third-order valence-electron chi connectivity index (χ3n) is 9.32. The van der Waals surface area contributed by atoms with Gasteiger partial charge in [0.2, 0.25) is 0 Å². The van der Waals surface area contributed by atoms with Crippen molar-refractivity contribution in [2.75, 3.05) is 0 Å². The maximum absolute atomic E-state index is 11.4. The molecule has 10 atom stereocenters. The first-order valence-corrected chi connectivity index (χ1v) is 12.4. The van der Waals surface area contributed by atoms with E-state index in [4.69, 9.17) is 9.47 Å². The molecule has 0 aromatic rings. The molecule has 1 saturated heterocycles. The first kappa shape index (κ1) is 26.1. The van der Waals surface area contributed by atoms with Gasteiger partial charge in [0.25, 0.3) is 0 Å². The van der Waals surface area contributed by atoms with E-state index in [2.05, 4.69) is 27.4 Å². The summed E-state index contributed by atoms with van der Waals surface area (Å²) in [5.74, 6) is 0.700. The Morgan fingerprint density at radius 2 is 1.72 bits per heavy atom. The summed E-state index contributed by atoms with van der Waals surface area (Å²) in [5, 5.41) is 42.0. The Balaban J connectivity index is 1.76. The lowest BCUT2D eigenvalue weighted by Gasteiger charge is -2.61. The second-order valence-electron chi connectivity index (χ2n) is 12.2. The zero-order valence-corrected chi connectivity index (χ0v) is 20.9. The molecule has 0 spiro atoms. The van der Waals surface area contributed by atoms with E-state index >= 15 is 0 Å². The minimum absolute atomic E-state index is 0.0568. The number of hydrogen-bond donors (Lipinski definition) is 4. The molecule has 3 fully saturated rings. The van der Waals surface area contributed by atoms with E-state index in [9.17, 15) is 20.4 Å². The van der Waals surface area contributed by atoms with E-state index in [1.807, 2.05) is 13.8 Å². The highest BCUT2D eigenvalue weighted by Crippen LogP contribution is 2.63. The number of aliphatic hydroxyl groups excluding tert-OH is 3. The van der Waals surface area contributed by atoms with Gasteiger partial charge in [-0.2, -0.15) is 0 Å². The molecule has 2 aliphatic carbocycles. The third kappa shape index (κ3) is 4.69. The number of fused-ring (bicyclic) bond motifs is 1. The third-order valence-corrected chi connectivity index (χ3v) is 9.32. The Hall–Kier alpha value is -0.500. The van der Waals surface area contributed by atoms with Crippen LogP contribution in [0.4, 0.5) is 0 Å². The average Bonchev–Trinajstić information content (AvgIpc) is 2.68. The lowest BCUT2D eigenvalue weighted by Crippen LogP contribution is -2.59. The lowest BCUT2D eigenvalue weighted by atomic mass is 9.45. The Bertz CT molecular complexity index is 677. The number of ether oxygens (including phenoxy) is 2. The summed E-state index contributed by atoms with van der Waals surface area (Å²) in [4.78, 5) is 0. The van der Waals surface area contributed by atoms with Crippen LogP contribution in [-0.4, -0.2) is 62.3 Å². The second-order valence-corrected chi connectivity index (χ2v) is 12.2. The molecule has 6 nitrogen and oxygen atoms in total. The van der Waals surface area contributed by atoms with Crippen molar-refractivity contribution in [3.8, 4) is 0 Å². The standard InChI is InChI=1S/C26H46O6/c1-8-24(5,32-22-21(29)20(28)19(27)16(2)31-22)14-10-18-25(6)13-9-12-23(3,4)17(25)11-15-26(18,7)30/h8,16-22,27-30H,1,9-15H2,2-7H3/t16-,17-,18+,19+,20-,21+,22-,24-,25-,26+/m0/s1. The van der Waals surface area contributed by atoms with Gasteiger partial charge in [0.05, 0.1) is 17.3 Å². The van der Waals surface area contributed by atoms with Crippen LogP contribution in [0.5, 0.6) is 0 Å². The molecule has 4 N–H and O–H groups in total. The van der Waals surface area contributed by atoms with Crippen molar-refractivity contribution in [2.45, 2.75) is 128 Å². The van der Waals surface area contributed by atoms with Crippen molar-refractivity contribution in [3.63, 3.8) is 0 Å². The molecule has 3 rings (SSSR count). The van der Waals surface area contributed by atoms with Crippen molar-refractivity contribution in [1.29, 1.82) is 0 Å². The van der Waals surface area contributed by atoms with Crippen LogP contribution in [-0.2, 0) is 9.47 Å². The maximum Gasteiger partial charge on any atom is 0.187 e. The van der Waals surface area contributed by atoms with Gasteiger partial charge in [-0.3, -0.25) is 0 Å². The fraction of sp³-hybridized carbons (Fsp3) is 0.923. The van der Waals surface area contributed by atoms with Gasteiger partial charge in [0, 0.05) is 0 Å². The number of hydrogen-bond acceptors (Lipinski definition) is 6. The fourth-order valence-corrected chi connectivity index (χ4v) is 7.28. The summed E-state index contributed by atoms with van der Waals surface area (Å²) in [7, 11) is 0. The van der Waals surface area contributed by atoms with Crippen molar-refractivity contribution >= 4 is 0 Å². The van der Waals surface area contributed by atoms with Crippen LogP contribution < -0.4 is 0 Å². The maximum atomic E-state index is 11.4. The van der Waals surface area contributed by atoms with Crippen molar-refractivity contribution < 1.29 is 29.9 Å². The van der Waals surface area contributed by atoms with Gasteiger partial charge in [-0.05, 0) is 82.0 Å². The minimum Gasteiger partial charge on any atom is -0.390 e. The van der Waals surface area contributed by atoms with Crippen LogP contribution in [0, 0.1) is 22.7 Å². The van der Waals surface area contributed by atoms with Crippen LogP contribution in [0.1, 0.15) is 86.5 Å². The summed E-state index contributed by atoms with van der Waals surface area (Å²) in [5.41, 5.74) is -1.22. The number of aliphatic hydroxyl groups is 4. The van der Waals surface area contributed by atoms with Gasteiger partial charge in [0.15, 0.2) is 6.29 Å². The summed E-state index contributed by atoms with van der Waals surface area (Å²) >= 11 is 0. The Labute approximate surface area is 194 Å². The van der Waals surface area contributed by atoms with Crippen LogP contribution >= 0.6 is 0 Å². The minimum atomic E-state index is -1.35. The molecule has 2 saturated carbocycles. The molecule has 0 aromatic carbocycles. The summed E-state index contributed by atoms with van der Waals surface area (Å²) < 4.78 is 11.8. The molecule has 6 heteroatoms. The van der Waals surface area contributed by atoms with Gasteiger partial charge >= 0.3 is 0 Å². The molecule has 1 heterocycles. The zero-order chi connectivity index (χ0) is 24.1. The molecular formula is C26H46O6. The Morgan fingerprint density at radius 1 is 1.06 bits per heavy atom. The predicted octanol–water partition coefficient (Wildman–Crippen LogP) is 3.55. The first-order chi connectivity index (χ1) is 14.7. The molecule has 0 bridgehead atoms. The molecule has 0 amide bonds. The normalized spacial score (nSPS) is 48.5. The van der Waals surface area contributed by atoms with Crippen molar-refractivity contribution in [2.24, 2.45) is 22.7 Å². The molecule has 0 unspecified atom stereocenters. The largest absolute Gasteiger partial charge is 0.390 e. The smallest absolute Gasteiger partial charge is 0.187 e. The highest BCUT2D eigenvalue weighted by atomic mass is 16.7. The van der Waals surface area contributed by atoms with Gasteiger partial charge in [-0.15, -0.1) is 6.58 Å². The number of rotatable bonds is 6. The van der Waals surface area contributed by atoms with E-state index in [1.54, 1.807) is 13.0 Å².